The molecular weight excluding hydrogens is 383 g/mol. The van der Waals surface area contributed by atoms with Crippen LogP contribution in [0.2, 0.25) is 0 Å². The van der Waals surface area contributed by atoms with Crippen LogP contribution in [0.1, 0.15) is 24.6 Å². The summed E-state index contributed by atoms with van der Waals surface area (Å²) in [5, 5.41) is 11.5. The Labute approximate surface area is 172 Å². The summed E-state index contributed by atoms with van der Waals surface area (Å²) in [4.78, 5) is 9.22. The van der Waals surface area contributed by atoms with Crippen LogP contribution in [-0.2, 0) is 0 Å². The zero-order chi connectivity index (χ0) is 20.5. The maximum atomic E-state index is 13.8. The van der Waals surface area contributed by atoms with Gasteiger partial charge in [-0.1, -0.05) is 12.1 Å². The highest BCUT2D eigenvalue weighted by Gasteiger charge is 2.21. The third kappa shape index (κ3) is 3.46. The molecule has 0 radical (unpaired) electrons. The fraction of sp³-hybridized carbons (Fsp3) is 0.227. The molecule has 30 heavy (non-hydrogen) atoms. The predicted molar refractivity (Wildman–Crippen MR) is 113 cm³/mol. The molecule has 1 fully saturated rings. The molecule has 0 aliphatic carbocycles. The molecule has 7 nitrogen and oxygen atoms in total. The Balaban J connectivity index is 1.44. The number of para-hydroxylation sites is 1. The second kappa shape index (κ2) is 7.72. The number of H-pyrrole nitrogens is 1. The molecule has 1 atom stereocenters. The number of aromatic nitrogens is 4. The fourth-order valence-corrected chi connectivity index (χ4v) is 3.78. The quantitative estimate of drug-likeness (QED) is 0.475. The number of nitrogens with zero attached hydrogens (tertiary/aromatic N) is 3. The van der Waals surface area contributed by atoms with Crippen LogP contribution >= 0.6 is 0 Å². The van der Waals surface area contributed by atoms with Gasteiger partial charge in [-0.15, -0.1) is 0 Å². The topological polar surface area (TPSA) is 102 Å². The van der Waals surface area contributed by atoms with Gasteiger partial charge >= 0.3 is 0 Å². The number of nitrogens with two attached hydrogens (primary N) is 1. The Hall–Kier alpha value is -3.52. The highest BCUT2D eigenvalue weighted by Crippen LogP contribution is 2.33. The second-order valence-corrected chi connectivity index (χ2v) is 7.36. The lowest BCUT2D eigenvalue weighted by Gasteiger charge is -2.21. The molecule has 5 rings (SSSR count). The van der Waals surface area contributed by atoms with Crippen molar-refractivity contribution in [2.45, 2.75) is 18.8 Å². The van der Waals surface area contributed by atoms with E-state index in [9.17, 15) is 4.39 Å². The standard InChI is InChI=1S/C22H21FN6O/c23-16-5-1-2-6-17(16)30-15-9-7-13(8-10-15)19-18-20(24)26-21(27-22(18)29-28-19)14-4-3-11-25-12-14/h1-2,5-10,14,25H,3-4,11-12H2,(H3,24,26,27,28,29)/t14-/m1/s1. The van der Waals surface area contributed by atoms with Crippen LogP contribution in [0.3, 0.4) is 0 Å². The van der Waals surface area contributed by atoms with Crippen molar-refractivity contribution in [1.29, 1.82) is 0 Å². The molecular formula is C22H21FN6O. The highest BCUT2D eigenvalue weighted by molar-refractivity contribution is 5.98. The third-order valence-corrected chi connectivity index (χ3v) is 5.33. The smallest absolute Gasteiger partial charge is 0.187 e. The van der Waals surface area contributed by atoms with E-state index < -0.39 is 5.82 Å². The Morgan fingerprint density at radius 3 is 2.67 bits per heavy atom. The number of ether oxygens (including phenoxy) is 1. The van der Waals surface area contributed by atoms with E-state index in [1.54, 1.807) is 30.3 Å². The van der Waals surface area contributed by atoms with Crippen molar-refractivity contribution in [3.63, 3.8) is 0 Å². The number of halogens is 1. The molecule has 0 amide bonds. The van der Waals surface area contributed by atoms with Crippen LogP contribution in [0.25, 0.3) is 22.3 Å². The maximum absolute atomic E-state index is 13.8. The van der Waals surface area contributed by atoms with Gasteiger partial charge in [0.25, 0.3) is 0 Å². The van der Waals surface area contributed by atoms with Gasteiger partial charge < -0.3 is 15.8 Å². The van der Waals surface area contributed by atoms with Crippen LogP contribution in [0, 0.1) is 5.82 Å². The van der Waals surface area contributed by atoms with Crippen molar-refractivity contribution in [3.05, 3.63) is 60.2 Å². The first-order valence-electron chi connectivity index (χ1n) is 9.94. The number of fused-ring (bicyclic) bond motifs is 1. The van der Waals surface area contributed by atoms with Crippen LogP contribution in [0.5, 0.6) is 11.5 Å². The minimum absolute atomic E-state index is 0.180. The normalized spacial score (nSPS) is 16.6. The van der Waals surface area contributed by atoms with Gasteiger partial charge in [-0.2, -0.15) is 5.10 Å². The molecule has 1 aliphatic rings. The number of hydrogen-bond acceptors (Lipinski definition) is 6. The van der Waals surface area contributed by atoms with Gasteiger partial charge in [0.15, 0.2) is 17.2 Å². The summed E-state index contributed by atoms with van der Waals surface area (Å²) < 4.78 is 19.4. The average molecular weight is 404 g/mol. The van der Waals surface area contributed by atoms with Crippen LogP contribution in [-0.4, -0.2) is 33.3 Å². The summed E-state index contributed by atoms with van der Waals surface area (Å²) in [5.41, 5.74) is 8.46. The van der Waals surface area contributed by atoms with Gasteiger partial charge in [0.1, 0.15) is 17.4 Å². The minimum atomic E-state index is -0.407. The average Bonchev–Trinajstić information content (AvgIpc) is 3.21. The van der Waals surface area contributed by atoms with Crippen molar-refractivity contribution >= 4 is 16.9 Å². The first-order chi connectivity index (χ1) is 14.7. The maximum Gasteiger partial charge on any atom is 0.187 e. The van der Waals surface area contributed by atoms with Gasteiger partial charge in [-0.25, -0.2) is 14.4 Å². The molecule has 3 heterocycles. The molecule has 4 aromatic rings. The van der Waals surface area contributed by atoms with Crippen molar-refractivity contribution in [1.82, 2.24) is 25.5 Å². The third-order valence-electron chi connectivity index (χ3n) is 5.33. The summed E-state index contributed by atoms with van der Waals surface area (Å²) >= 11 is 0. The Morgan fingerprint density at radius 1 is 1.07 bits per heavy atom. The molecule has 4 N–H and O–H groups in total. The van der Waals surface area contributed by atoms with Crippen molar-refractivity contribution < 1.29 is 9.13 Å². The zero-order valence-corrected chi connectivity index (χ0v) is 16.2. The van der Waals surface area contributed by atoms with E-state index in [4.69, 9.17) is 10.5 Å². The molecule has 2 aromatic heterocycles. The second-order valence-electron chi connectivity index (χ2n) is 7.36. The summed E-state index contributed by atoms with van der Waals surface area (Å²) in [6.07, 6.45) is 2.14. The summed E-state index contributed by atoms with van der Waals surface area (Å²) in [5.74, 6) is 1.70. The number of rotatable bonds is 4. The van der Waals surface area contributed by atoms with Crippen molar-refractivity contribution in [2.24, 2.45) is 0 Å². The number of aromatic amines is 1. The summed E-state index contributed by atoms with van der Waals surface area (Å²) in [6, 6.07) is 13.6. The number of hydrogen-bond donors (Lipinski definition) is 3. The molecule has 1 aliphatic heterocycles. The van der Waals surface area contributed by atoms with Gasteiger partial charge in [0.05, 0.1) is 11.1 Å². The molecule has 0 spiro atoms. The minimum Gasteiger partial charge on any atom is -0.454 e. The molecule has 152 valence electrons. The lowest BCUT2D eigenvalue weighted by molar-refractivity contribution is 0.442. The molecule has 8 heteroatoms. The highest BCUT2D eigenvalue weighted by atomic mass is 19.1. The zero-order valence-electron chi connectivity index (χ0n) is 16.2. The van der Waals surface area contributed by atoms with E-state index in [0.29, 0.717) is 22.6 Å². The summed E-state index contributed by atoms with van der Waals surface area (Å²) in [7, 11) is 0. The van der Waals surface area contributed by atoms with Gasteiger partial charge in [-0.05, 0) is 55.8 Å². The van der Waals surface area contributed by atoms with E-state index in [2.05, 4.69) is 25.5 Å². The number of piperidine rings is 1. The van der Waals surface area contributed by atoms with Crippen LogP contribution in [0.4, 0.5) is 10.2 Å². The number of nitrogen functional groups attached to an aromatic ring is 1. The van der Waals surface area contributed by atoms with E-state index in [1.807, 2.05) is 12.1 Å². The first kappa shape index (κ1) is 18.5. The van der Waals surface area contributed by atoms with E-state index in [1.165, 1.54) is 6.07 Å². The monoisotopic (exact) mass is 404 g/mol. The molecule has 2 aromatic carbocycles. The lowest BCUT2D eigenvalue weighted by Crippen LogP contribution is -2.29. The van der Waals surface area contributed by atoms with Gasteiger partial charge in [0, 0.05) is 18.0 Å². The molecule has 0 bridgehead atoms. The summed E-state index contributed by atoms with van der Waals surface area (Å²) in [6.45, 7) is 1.88. The predicted octanol–water partition coefficient (Wildman–Crippen LogP) is 4.00. The van der Waals surface area contributed by atoms with E-state index >= 15 is 0 Å². The van der Waals surface area contributed by atoms with Crippen LogP contribution in [0.15, 0.2) is 48.5 Å². The van der Waals surface area contributed by atoms with E-state index in [-0.39, 0.29) is 11.7 Å². The number of nitrogens with one attached hydrogen (secondary N) is 2. The Morgan fingerprint density at radius 2 is 1.90 bits per heavy atom. The van der Waals surface area contributed by atoms with Crippen LogP contribution < -0.4 is 15.8 Å². The molecule has 0 saturated carbocycles. The fourth-order valence-electron chi connectivity index (χ4n) is 3.78. The lowest BCUT2D eigenvalue weighted by atomic mass is 9.98. The largest absolute Gasteiger partial charge is 0.454 e. The van der Waals surface area contributed by atoms with Gasteiger partial charge in [-0.3, -0.25) is 5.10 Å². The molecule has 1 saturated heterocycles. The Bertz CT molecular complexity index is 1180. The van der Waals surface area contributed by atoms with E-state index in [0.717, 1.165) is 43.0 Å². The van der Waals surface area contributed by atoms with Crippen molar-refractivity contribution in [3.8, 4) is 22.8 Å². The Kier molecular flexibility index (Phi) is 4.76. The number of benzene rings is 2. The number of anilines is 1. The van der Waals surface area contributed by atoms with Crippen molar-refractivity contribution in [2.75, 3.05) is 18.8 Å². The molecule has 0 unspecified atom stereocenters. The first-order valence-corrected chi connectivity index (χ1v) is 9.94. The SMILES string of the molecule is Nc1nc([C@@H]2CCCNC2)nc2n[nH]c(-c3ccc(Oc4ccccc4F)cc3)c12. The van der Waals surface area contributed by atoms with Gasteiger partial charge in [0.2, 0.25) is 0 Å².